The summed E-state index contributed by atoms with van der Waals surface area (Å²) in [4.78, 5) is 0. The number of hydrogen-bond acceptors (Lipinski definition) is 0. The fourth-order valence-electron chi connectivity index (χ4n) is 4.60. The lowest BCUT2D eigenvalue weighted by Crippen LogP contribution is -2.25. The maximum atomic E-state index is 2.51. The van der Waals surface area contributed by atoms with Crippen LogP contribution in [0.15, 0.2) is 12.1 Å². The van der Waals surface area contributed by atoms with E-state index in [4.69, 9.17) is 0 Å². The Labute approximate surface area is 195 Å². The summed E-state index contributed by atoms with van der Waals surface area (Å²) in [5.74, 6) is 1.54. The van der Waals surface area contributed by atoms with Crippen molar-refractivity contribution in [1.29, 1.82) is 0 Å². The lowest BCUT2D eigenvalue weighted by molar-refractivity contribution is 0.790. The lowest BCUT2D eigenvalue weighted by Gasteiger charge is -2.35. The molecule has 2 aromatic carbocycles. The highest BCUT2D eigenvalue weighted by Gasteiger charge is 2.30. The average Bonchev–Trinajstić information content (AvgIpc) is 2.66. The SMILES string of the molecule is Cc1c(C)c(C)c(P(C)C(C)(C)C)c(-c2c(C(C)C)cc(C(C)C)cc2C(C)C)c1C. The highest BCUT2D eigenvalue weighted by atomic mass is 31.1. The first-order chi connectivity index (χ1) is 14.1. The van der Waals surface area contributed by atoms with Crippen LogP contribution in [0.5, 0.6) is 0 Å². The van der Waals surface area contributed by atoms with Crippen LogP contribution in [-0.2, 0) is 0 Å². The summed E-state index contributed by atoms with van der Waals surface area (Å²) in [7, 11) is -0.310. The molecule has 1 unspecified atom stereocenters. The summed E-state index contributed by atoms with van der Waals surface area (Å²) >= 11 is 0. The van der Waals surface area contributed by atoms with Gasteiger partial charge in [-0.1, -0.05) is 82.4 Å². The van der Waals surface area contributed by atoms with E-state index in [0.29, 0.717) is 17.8 Å². The van der Waals surface area contributed by atoms with E-state index in [2.05, 4.69) is 109 Å². The van der Waals surface area contributed by atoms with Gasteiger partial charge in [0.1, 0.15) is 0 Å². The van der Waals surface area contributed by atoms with Crippen LogP contribution in [-0.4, -0.2) is 11.8 Å². The molecule has 1 atom stereocenters. The van der Waals surface area contributed by atoms with Gasteiger partial charge in [-0.05, 0) is 113 Å². The van der Waals surface area contributed by atoms with Crippen molar-refractivity contribution in [3.8, 4) is 11.1 Å². The molecule has 0 aliphatic rings. The molecule has 0 radical (unpaired) electrons. The predicted octanol–water partition coefficient (Wildman–Crippen LogP) is 9.49. The Morgan fingerprint density at radius 2 is 1.03 bits per heavy atom. The maximum absolute atomic E-state index is 2.51. The number of hydrogen-bond donors (Lipinski definition) is 0. The molecule has 0 aliphatic heterocycles. The van der Waals surface area contributed by atoms with Crippen molar-refractivity contribution in [3.63, 3.8) is 0 Å². The van der Waals surface area contributed by atoms with E-state index in [9.17, 15) is 0 Å². The van der Waals surface area contributed by atoms with Crippen LogP contribution >= 0.6 is 7.92 Å². The van der Waals surface area contributed by atoms with Gasteiger partial charge in [-0.2, -0.15) is 0 Å². The largest absolute Gasteiger partial charge is 0.0720 e. The first-order valence-corrected chi connectivity index (χ1v) is 13.9. The Morgan fingerprint density at radius 3 is 1.39 bits per heavy atom. The van der Waals surface area contributed by atoms with Crippen LogP contribution in [0, 0.1) is 27.7 Å². The van der Waals surface area contributed by atoms with Crippen LogP contribution in [0.3, 0.4) is 0 Å². The summed E-state index contributed by atoms with van der Waals surface area (Å²) in [6.45, 7) is 33.3. The van der Waals surface area contributed by atoms with E-state index >= 15 is 0 Å². The van der Waals surface area contributed by atoms with E-state index in [-0.39, 0.29) is 13.1 Å². The molecule has 2 aromatic rings. The topological polar surface area (TPSA) is 0 Å². The molecule has 1 heteroatoms. The maximum Gasteiger partial charge on any atom is -0.00663 e. The van der Waals surface area contributed by atoms with Gasteiger partial charge < -0.3 is 0 Å². The molecule has 0 fully saturated rings. The molecular formula is C30H47P. The van der Waals surface area contributed by atoms with Gasteiger partial charge in [0.05, 0.1) is 0 Å². The molecule has 0 aliphatic carbocycles. The summed E-state index contributed by atoms with van der Waals surface area (Å²) in [6, 6.07) is 5.03. The third-order valence-electron chi connectivity index (χ3n) is 7.38. The molecule has 0 saturated heterocycles. The smallest absolute Gasteiger partial charge is 0.00663 e. The second-order valence-electron chi connectivity index (χ2n) is 11.5. The molecule has 31 heavy (non-hydrogen) atoms. The van der Waals surface area contributed by atoms with Crippen LogP contribution in [0.4, 0.5) is 0 Å². The van der Waals surface area contributed by atoms with Crippen molar-refractivity contribution in [2.75, 3.05) is 6.66 Å². The van der Waals surface area contributed by atoms with Gasteiger partial charge in [-0.25, -0.2) is 0 Å². The van der Waals surface area contributed by atoms with Crippen LogP contribution < -0.4 is 5.30 Å². The fraction of sp³-hybridized carbons (Fsp3) is 0.600. The molecule has 2 rings (SSSR count). The summed E-state index contributed by atoms with van der Waals surface area (Å²) in [5.41, 5.74) is 13.6. The standard InChI is InChI=1S/C30H47P/c1-17(2)24-15-25(18(3)4)28(26(16-24)19(5)6)27-22(9)20(7)21(8)23(10)29(27)31(14)30(11,12)13/h15-19H,1-14H3. The Kier molecular flexibility index (Phi) is 7.91. The predicted molar refractivity (Wildman–Crippen MR) is 145 cm³/mol. The van der Waals surface area contributed by atoms with Crippen molar-refractivity contribution >= 4 is 13.2 Å². The van der Waals surface area contributed by atoms with Gasteiger partial charge in [0, 0.05) is 0 Å². The molecule has 0 amide bonds. The Balaban J connectivity index is 3.16. The minimum Gasteiger partial charge on any atom is -0.0720 e. The van der Waals surface area contributed by atoms with E-state index < -0.39 is 0 Å². The first kappa shape index (κ1) is 26.1. The zero-order chi connectivity index (χ0) is 24.0. The van der Waals surface area contributed by atoms with E-state index in [0.717, 1.165) is 0 Å². The molecule has 0 aromatic heterocycles. The van der Waals surface area contributed by atoms with E-state index in [1.54, 1.807) is 10.9 Å². The molecule has 0 nitrogen and oxygen atoms in total. The van der Waals surface area contributed by atoms with Crippen molar-refractivity contribution in [2.45, 2.75) is 113 Å². The van der Waals surface area contributed by atoms with Crippen molar-refractivity contribution in [3.05, 3.63) is 51.1 Å². The molecule has 0 bridgehead atoms. The molecule has 172 valence electrons. The Morgan fingerprint density at radius 1 is 0.613 bits per heavy atom. The Bertz CT molecular complexity index is 923. The van der Waals surface area contributed by atoms with Gasteiger partial charge in [-0.15, -0.1) is 0 Å². The van der Waals surface area contributed by atoms with Crippen LogP contribution in [0.25, 0.3) is 11.1 Å². The quantitative estimate of drug-likeness (QED) is 0.408. The number of rotatable bonds is 5. The van der Waals surface area contributed by atoms with Crippen molar-refractivity contribution in [1.82, 2.24) is 0 Å². The molecule has 0 saturated carbocycles. The van der Waals surface area contributed by atoms with Crippen LogP contribution in [0.2, 0.25) is 0 Å². The second-order valence-corrected chi connectivity index (χ2v) is 14.4. The van der Waals surface area contributed by atoms with E-state index in [1.807, 2.05) is 0 Å². The summed E-state index contributed by atoms with van der Waals surface area (Å²) in [5, 5.41) is 1.90. The Hall–Kier alpha value is -1.13. The van der Waals surface area contributed by atoms with Gasteiger partial charge >= 0.3 is 0 Å². The number of benzene rings is 2. The highest BCUT2D eigenvalue weighted by Crippen LogP contribution is 2.51. The van der Waals surface area contributed by atoms with Crippen LogP contribution in [0.1, 0.15) is 119 Å². The van der Waals surface area contributed by atoms with E-state index in [1.165, 1.54) is 44.5 Å². The van der Waals surface area contributed by atoms with Crippen molar-refractivity contribution < 1.29 is 0 Å². The average molecular weight is 439 g/mol. The molecule has 0 spiro atoms. The molecule has 0 N–H and O–H groups in total. The normalized spacial score (nSPS) is 13.6. The van der Waals surface area contributed by atoms with Crippen molar-refractivity contribution in [2.24, 2.45) is 0 Å². The second kappa shape index (κ2) is 9.39. The lowest BCUT2D eigenvalue weighted by atomic mass is 9.79. The third-order valence-corrected chi connectivity index (χ3v) is 10.6. The molecular weight excluding hydrogens is 391 g/mol. The summed E-state index contributed by atoms with van der Waals surface area (Å²) in [6.07, 6.45) is 0. The monoisotopic (exact) mass is 438 g/mol. The van der Waals surface area contributed by atoms with Gasteiger partial charge in [-0.3, -0.25) is 0 Å². The van der Waals surface area contributed by atoms with Gasteiger partial charge in [0.25, 0.3) is 0 Å². The van der Waals surface area contributed by atoms with Gasteiger partial charge in [0.15, 0.2) is 0 Å². The zero-order valence-electron chi connectivity index (χ0n) is 22.8. The fourth-order valence-corrected chi connectivity index (χ4v) is 6.55. The van der Waals surface area contributed by atoms with Gasteiger partial charge in [0.2, 0.25) is 0 Å². The minimum atomic E-state index is -0.310. The third kappa shape index (κ3) is 4.95. The zero-order valence-corrected chi connectivity index (χ0v) is 23.7. The summed E-state index contributed by atoms with van der Waals surface area (Å²) < 4.78 is 0. The minimum absolute atomic E-state index is 0.275. The molecule has 0 heterocycles. The first-order valence-electron chi connectivity index (χ1n) is 12.1. The highest BCUT2D eigenvalue weighted by molar-refractivity contribution is 7.66.